The van der Waals surface area contributed by atoms with E-state index in [1.807, 2.05) is 42.5 Å². The number of hydrogen-bond donors (Lipinski definition) is 0. The van der Waals surface area contributed by atoms with Crippen LogP contribution >= 0.6 is 0 Å². The summed E-state index contributed by atoms with van der Waals surface area (Å²) in [5.74, 6) is 0.552. The lowest BCUT2D eigenvalue weighted by Gasteiger charge is -2.18. The highest BCUT2D eigenvalue weighted by Crippen LogP contribution is 2.37. The van der Waals surface area contributed by atoms with Crippen molar-refractivity contribution in [3.8, 4) is 5.75 Å². The van der Waals surface area contributed by atoms with Gasteiger partial charge in [0.25, 0.3) is 0 Å². The summed E-state index contributed by atoms with van der Waals surface area (Å²) < 4.78 is 22.6. The van der Waals surface area contributed by atoms with Crippen LogP contribution in [0.4, 0.5) is 0 Å². The van der Waals surface area contributed by atoms with Gasteiger partial charge in [-0.15, -0.1) is 0 Å². The Kier molecular flexibility index (Phi) is 7.74. The van der Waals surface area contributed by atoms with Gasteiger partial charge in [-0.2, -0.15) is 4.89 Å². The van der Waals surface area contributed by atoms with Crippen molar-refractivity contribution in [3.63, 3.8) is 0 Å². The predicted octanol–water partition coefficient (Wildman–Crippen LogP) is 3.47. The average molecular weight is 466 g/mol. The third-order valence-corrected chi connectivity index (χ3v) is 5.73. The zero-order valence-electron chi connectivity index (χ0n) is 18.9. The molecule has 0 N–H and O–H groups in total. The first kappa shape index (κ1) is 23.7. The molecule has 2 aromatic carbocycles. The quantitative estimate of drug-likeness (QED) is 0.139. The molecule has 0 amide bonds. The van der Waals surface area contributed by atoms with Crippen molar-refractivity contribution in [2.24, 2.45) is 5.92 Å². The maximum Gasteiger partial charge on any atom is 0.331 e. The highest BCUT2D eigenvalue weighted by atomic mass is 17.2. The number of hydrogen-bond acceptors (Lipinski definition) is 8. The standard InChI is InChI=1S/C26H26O8/c1-29-20-10-7-17(8-11-20)9-12-24(28)33-23-16-32-25-21(15-31-26(23)25)22(34-30-2)13-18-3-5-19(14-27)6-4-18/h3-14,21,23,25-26H,15-16H2,1-2H3/b12-9+,22-13?/t21-,23-,25-,26-/m1/s1. The summed E-state index contributed by atoms with van der Waals surface area (Å²) in [7, 11) is 3.02. The van der Waals surface area contributed by atoms with Crippen LogP contribution in [0.5, 0.6) is 5.75 Å². The van der Waals surface area contributed by atoms with Crippen molar-refractivity contribution in [3.05, 3.63) is 77.1 Å². The zero-order chi connectivity index (χ0) is 23.9. The minimum absolute atomic E-state index is 0.224. The van der Waals surface area contributed by atoms with Crippen molar-refractivity contribution < 1.29 is 38.3 Å². The molecule has 4 atom stereocenters. The first-order valence-electron chi connectivity index (χ1n) is 10.8. The summed E-state index contributed by atoms with van der Waals surface area (Å²) in [6.45, 7) is 0.551. The van der Waals surface area contributed by atoms with Gasteiger partial charge in [0.1, 0.15) is 18.1 Å². The lowest BCUT2D eigenvalue weighted by atomic mass is 9.97. The number of esters is 1. The molecule has 0 aliphatic carbocycles. The van der Waals surface area contributed by atoms with E-state index in [1.165, 1.54) is 13.2 Å². The maximum atomic E-state index is 12.4. The number of aldehydes is 1. The Morgan fingerprint density at radius 2 is 1.59 bits per heavy atom. The molecule has 34 heavy (non-hydrogen) atoms. The SMILES string of the molecule is COOC(=Cc1ccc(C=O)cc1)[C@H]1CO[C@H]2[C@@H]1OC[C@H]2OC(=O)/C=C/c1ccc(OC)cc1. The Labute approximate surface area is 197 Å². The van der Waals surface area contributed by atoms with E-state index in [1.54, 1.807) is 25.3 Å². The highest BCUT2D eigenvalue weighted by molar-refractivity contribution is 5.87. The van der Waals surface area contributed by atoms with Gasteiger partial charge < -0.3 is 23.8 Å². The van der Waals surface area contributed by atoms with Gasteiger partial charge >= 0.3 is 5.97 Å². The molecule has 2 fully saturated rings. The van der Waals surface area contributed by atoms with Crippen molar-refractivity contribution >= 4 is 24.4 Å². The summed E-state index contributed by atoms with van der Waals surface area (Å²) >= 11 is 0. The molecule has 0 bridgehead atoms. The topological polar surface area (TPSA) is 89.5 Å². The van der Waals surface area contributed by atoms with Crippen LogP contribution in [0.15, 0.2) is 60.4 Å². The van der Waals surface area contributed by atoms with E-state index in [4.69, 9.17) is 28.7 Å². The van der Waals surface area contributed by atoms with Crippen molar-refractivity contribution in [2.75, 3.05) is 27.4 Å². The van der Waals surface area contributed by atoms with Crippen LogP contribution in [0.1, 0.15) is 21.5 Å². The Morgan fingerprint density at radius 1 is 0.912 bits per heavy atom. The Morgan fingerprint density at radius 3 is 2.26 bits per heavy atom. The Bertz CT molecular complexity index is 1040. The molecular formula is C26H26O8. The zero-order valence-corrected chi connectivity index (χ0v) is 18.9. The molecule has 4 rings (SSSR count). The smallest absolute Gasteiger partial charge is 0.331 e. The van der Waals surface area contributed by atoms with Gasteiger partial charge in [-0.25, -0.2) is 4.79 Å². The number of carbonyl (C=O) groups is 2. The van der Waals surface area contributed by atoms with E-state index < -0.39 is 18.2 Å². The summed E-state index contributed by atoms with van der Waals surface area (Å²) in [4.78, 5) is 33.6. The van der Waals surface area contributed by atoms with Crippen LogP contribution in [0, 0.1) is 5.92 Å². The second-order valence-electron chi connectivity index (χ2n) is 7.87. The molecule has 2 aliphatic heterocycles. The van der Waals surface area contributed by atoms with Crippen molar-refractivity contribution in [1.82, 2.24) is 0 Å². The van der Waals surface area contributed by atoms with Crippen LogP contribution in [0.2, 0.25) is 0 Å². The van der Waals surface area contributed by atoms with Gasteiger partial charge in [0.2, 0.25) is 0 Å². The molecule has 0 spiro atoms. The molecule has 2 aliphatic rings. The van der Waals surface area contributed by atoms with Gasteiger partial charge in [-0.1, -0.05) is 36.4 Å². The molecule has 8 heteroatoms. The molecule has 2 saturated heterocycles. The minimum Gasteiger partial charge on any atom is -0.497 e. The number of benzene rings is 2. The van der Waals surface area contributed by atoms with E-state index >= 15 is 0 Å². The average Bonchev–Trinajstić information content (AvgIpc) is 3.46. The number of fused-ring (bicyclic) bond motifs is 1. The number of methoxy groups -OCH3 is 1. The maximum absolute atomic E-state index is 12.4. The van der Waals surface area contributed by atoms with Crippen molar-refractivity contribution in [2.45, 2.75) is 18.3 Å². The fraction of sp³-hybridized carbons (Fsp3) is 0.308. The van der Waals surface area contributed by atoms with Crippen LogP contribution in [0.3, 0.4) is 0 Å². The normalized spacial score (nSPS) is 24.1. The lowest BCUT2D eigenvalue weighted by Crippen LogP contribution is -2.33. The largest absolute Gasteiger partial charge is 0.497 e. The minimum atomic E-state index is -0.529. The van der Waals surface area contributed by atoms with Gasteiger partial charge in [0.15, 0.2) is 11.9 Å². The number of rotatable bonds is 9. The fourth-order valence-electron chi connectivity index (χ4n) is 4.00. The first-order chi connectivity index (χ1) is 16.6. The molecular weight excluding hydrogens is 440 g/mol. The number of ether oxygens (including phenoxy) is 4. The van der Waals surface area contributed by atoms with Gasteiger partial charge in [-0.05, 0) is 35.4 Å². The molecule has 0 aromatic heterocycles. The molecule has 8 nitrogen and oxygen atoms in total. The summed E-state index contributed by atoms with van der Waals surface area (Å²) in [6.07, 6.45) is 4.37. The molecule has 2 aromatic rings. The predicted molar refractivity (Wildman–Crippen MR) is 123 cm³/mol. The van der Waals surface area contributed by atoms with Gasteiger partial charge in [-0.3, -0.25) is 4.79 Å². The molecule has 0 unspecified atom stereocenters. The Balaban J connectivity index is 1.39. The van der Waals surface area contributed by atoms with E-state index in [0.29, 0.717) is 17.9 Å². The second kappa shape index (κ2) is 11.1. The third kappa shape index (κ3) is 5.53. The van der Waals surface area contributed by atoms with Crippen LogP contribution in [-0.2, 0) is 28.8 Å². The van der Waals surface area contributed by atoms with E-state index in [-0.39, 0.29) is 18.6 Å². The second-order valence-corrected chi connectivity index (χ2v) is 7.87. The third-order valence-electron chi connectivity index (χ3n) is 5.73. The Hall–Kier alpha value is -3.46. The van der Waals surface area contributed by atoms with E-state index in [9.17, 15) is 9.59 Å². The van der Waals surface area contributed by atoms with Crippen LogP contribution < -0.4 is 4.74 Å². The lowest BCUT2D eigenvalue weighted by molar-refractivity contribution is -0.245. The first-order valence-corrected chi connectivity index (χ1v) is 10.8. The fourth-order valence-corrected chi connectivity index (χ4v) is 4.00. The summed E-state index contributed by atoms with van der Waals surface area (Å²) in [5, 5.41) is 0. The van der Waals surface area contributed by atoms with Gasteiger partial charge in [0.05, 0.1) is 39.5 Å². The van der Waals surface area contributed by atoms with Gasteiger partial charge in [0, 0.05) is 11.6 Å². The number of carbonyl (C=O) groups excluding carboxylic acids is 2. The molecule has 178 valence electrons. The van der Waals surface area contributed by atoms with Crippen molar-refractivity contribution in [1.29, 1.82) is 0 Å². The highest BCUT2D eigenvalue weighted by Gasteiger charge is 2.51. The molecule has 0 saturated carbocycles. The van der Waals surface area contributed by atoms with Crippen LogP contribution in [0.25, 0.3) is 12.2 Å². The summed E-state index contributed by atoms with van der Waals surface area (Å²) in [6, 6.07) is 14.4. The monoisotopic (exact) mass is 466 g/mol. The molecule has 0 radical (unpaired) electrons. The molecule has 2 heterocycles. The van der Waals surface area contributed by atoms with E-state index in [0.717, 1.165) is 23.2 Å². The summed E-state index contributed by atoms with van der Waals surface area (Å²) in [5.41, 5.74) is 2.27. The van der Waals surface area contributed by atoms with E-state index in [2.05, 4.69) is 0 Å². The van der Waals surface area contributed by atoms with Crippen LogP contribution in [-0.4, -0.2) is 58.0 Å².